The second-order valence-corrected chi connectivity index (χ2v) is 5.39. The number of pyridine rings is 1. The van der Waals surface area contributed by atoms with Crippen LogP contribution in [-0.2, 0) is 11.2 Å². The first-order valence-corrected chi connectivity index (χ1v) is 7.22. The van der Waals surface area contributed by atoms with Crippen LogP contribution >= 0.6 is 11.6 Å². The van der Waals surface area contributed by atoms with Gasteiger partial charge in [0, 0.05) is 11.8 Å². The van der Waals surface area contributed by atoms with E-state index >= 15 is 0 Å². The number of rotatable bonds is 3. The molecular weight excluding hydrogens is 321 g/mol. The maximum absolute atomic E-state index is 13.4. The van der Waals surface area contributed by atoms with Crippen molar-refractivity contribution in [3.05, 3.63) is 58.0 Å². The Bertz CT molecular complexity index is 819. The Kier molecular flexibility index (Phi) is 4.13. The van der Waals surface area contributed by atoms with Gasteiger partial charge in [0.25, 0.3) is 0 Å². The van der Waals surface area contributed by atoms with E-state index in [2.05, 4.69) is 10.3 Å². The minimum Gasteiger partial charge on any atom is -0.475 e. The van der Waals surface area contributed by atoms with E-state index in [1.54, 1.807) is 18.3 Å². The number of benzene rings is 1. The maximum atomic E-state index is 13.4. The van der Waals surface area contributed by atoms with Crippen LogP contribution in [0.25, 0.3) is 0 Å². The first-order valence-electron chi connectivity index (χ1n) is 6.84. The number of fused-ring (bicyclic) bond motifs is 1. The number of hydrogen-bond donors (Lipinski definition) is 1. The monoisotopic (exact) mass is 331 g/mol. The third-order valence-electron chi connectivity index (χ3n) is 3.53. The molecule has 23 heavy (non-hydrogen) atoms. The number of nitrogens with one attached hydrogen (secondary N) is 1. The molecule has 0 radical (unpaired) electrons. The van der Waals surface area contributed by atoms with Crippen LogP contribution in [0, 0.1) is 17.1 Å². The molecule has 1 atom stereocenters. The maximum Gasteiger partial charge on any atom is 0.225 e. The molecule has 0 aliphatic carbocycles. The number of amides is 1. The summed E-state index contributed by atoms with van der Waals surface area (Å²) in [6, 6.07) is 7.54. The summed E-state index contributed by atoms with van der Waals surface area (Å²) in [5.74, 6) is -0.497. The fourth-order valence-electron chi connectivity index (χ4n) is 2.41. The van der Waals surface area contributed by atoms with Crippen molar-refractivity contribution in [1.82, 2.24) is 10.3 Å². The summed E-state index contributed by atoms with van der Waals surface area (Å²) in [5.41, 5.74) is 0.951. The van der Waals surface area contributed by atoms with Gasteiger partial charge < -0.3 is 10.1 Å². The third kappa shape index (κ3) is 2.96. The predicted octanol–water partition coefficient (Wildman–Crippen LogP) is 2.54. The molecule has 1 aliphatic heterocycles. The molecule has 116 valence electrons. The highest BCUT2D eigenvalue weighted by molar-refractivity contribution is 6.32. The molecule has 1 N–H and O–H groups in total. The molecule has 0 bridgehead atoms. The predicted molar refractivity (Wildman–Crippen MR) is 80.4 cm³/mol. The number of aromatic nitrogens is 1. The Morgan fingerprint density at radius 3 is 3.13 bits per heavy atom. The van der Waals surface area contributed by atoms with Gasteiger partial charge >= 0.3 is 0 Å². The van der Waals surface area contributed by atoms with Crippen LogP contribution in [0.3, 0.4) is 0 Å². The van der Waals surface area contributed by atoms with Gasteiger partial charge in [0.15, 0.2) is 0 Å². The fourth-order valence-corrected chi connectivity index (χ4v) is 2.68. The molecule has 0 fully saturated rings. The Balaban J connectivity index is 1.73. The molecule has 0 spiro atoms. The van der Waals surface area contributed by atoms with E-state index in [1.807, 2.05) is 6.07 Å². The largest absolute Gasteiger partial charge is 0.475 e. The summed E-state index contributed by atoms with van der Waals surface area (Å²) in [6.07, 6.45) is 1.56. The molecule has 1 aromatic carbocycles. The lowest BCUT2D eigenvalue weighted by molar-refractivity contribution is -0.121. The number of hydrogen-bond acceptors (Lipinski definition) is 4. The minimum absolute atomic E-state index is 0.0348. The topological polar surface area (TPSA) is 75.0 Å². The minimum atomic E-state index is -0.703. The van der Waals surface area contributed by atoms with Crippen molar-refractivity contribution in [1.29, 1.82) is 5.26 Å². The van der Waals surface area contributed by atoms with Crippen molar-refractivity contribution in [3.8, 4) is 11.9 Å². The van der Waals surface area contributed by atoms with E-state index in [9.17, 15) is 9.18 Å². The zero-order chi connectivity index (χ0) is 16.4. The van der Waals surface area contributed by atoms with Gasteiger partial charge in [-0.25, -0.2) is 9.37 Å². The standard InChI is InChI=1S/C16H11ClFN3O2/c17-15-9(3-4-12(18)11(15)7-19)6-14(22)21-13-8-23-16-10(13)2-1-5-20-16/h1-5,13H,6,8H2,(H,21,22). The lowest BCUT2D eigenvalue weighted by Gasteiger charge is -2.12. The van der Waals surface area contributed by atoms with Crippen LogP contribution in [0.5, 0.6) is 5.88 Å². The third-order valence-corrected chi connectivity index (χ3v) is 3.96. The van der Waals surface area contributed by atoms with Crippen LogP contribution in [0.1, 0.15) is 22.7 Å². The summed E-state index contributed by atoms with van der Waals surface area (Å²) in [4.78, 5) is 16.3. The van der Waals surface area contributed by atoms with E-state index in [1.165, 1.54) is 6.07 Å². The van der Waals surface area contributed by atoms with E-state index in [0.29, 0.717) is 18.1 Å². The number of nitriles is 1. The number of carbonyl (C=O) groups is 1. The van der Waals surface area contributed by atoms with Gasteiger partial charge in [-0.3, -0.25) is 4.79 Å². The Morgan fingerprint density at radius 1 is 1.52 bits per heavy atom. The van der Waals surface area contributed by atoms with E-state index in [4.69, 9.17) is 21.6 Å². The van der Waals surface area contributed by atoms with Crippen LogP contribution in [0.2, 0.25) is 5.02 Å². The molecular formula is C16H11ClFN3O2. The van der Waals surface area contributed by atoms with Crippen molar-refractivity contribution < 1.29 is 13.9 Å². The second-order valence-electron chi connectivity index (χ2n) is 5.01. The van der Waals surface area contributed by atoms with Crippen molar-refractivity contribution in [2.75, 3.05) is 6.61 Å². The molecule has 1 amide bonds. The first-order chi connectivity index (χ1) is 11.1. The highest BCUT2D eigenvalue weighted by atomic mass is 35.5. The number of nitrogens with zero attached hydrogens (tertiary/aromatic N) is 2. The zero-order valence-electron chi connectivity index (χ0n) is 11.8. The van der Waals surface area contributed by atoms with Gasteiger partial charge in [0.2, 0.25) is 11.8 Å². The number of ether oxygens (including phenoxy) is 1. The van der Waals surface area contributed by atoms with Crippen molar-refractivity contribution in [2.24, 2.45) is 0 Å². The Hall–Kier alpha value is -2.65. The van der Waals surface area contributed by atoms with Gasteiger partial charge in [-0.15, -0.1) is 0 Å². The smallest absolute Gasteiger partial charge is 0.225 e. The van der Waals surface area contributed by atoms with Crippen molar-refractivity contribution in [2.45, 2.75) is 12.5 Å². The highest BCUT2D eigenvalue weighted by Gasteiger charge is 2.26. The van der Waals surface area contributed by atoms with E-state index < -0.39 is 5.82 Å². The van der Waals surface area contributed by atoms with Crippen LogP contribution in [0.15, 0.2) is 30.5 Å². The summed E-state index contributed by atoms with van der Waals surface area (Å²) < 4.78 is 18.8. The van der Waals surface area contributed by atoms with Crippen LogP contribution < -0.4 is 10.1 Å². The van der Waals surface area contributed by atoms with Gasteiger partial charge in [-0.2, -0.15) is 5.26 Å². The Labute approximate surface area is 136 Å². The van der Waals surface area contributed by atoms with Crippen molar-refractivity contribution in [3.63, 3.8) is 0 Å². The summed E-state index contributed by atoms with van der Waals surface area (Å²) in [5, 5.41) is 11.7. The summed E-state index contributed by atoms with van der Waals surface area (Å²) in [7, 11) is 0. The molecule has 2 heterocycles. The number of halogens is 2. The van der Waals surface area contributed by atoms with Gasteiger partial charge in [0.1, 0.15) is 24.1 Å². The van der Waals surface area contributed by atoms with E-state index in [-0.39, 0.29) is 29.0 Å². The molecule has 7 heteroatoms. The SMILES string of the molecule is N#Cc1c(F)ccc(CC(=O)NC2COc3ncccc32)c1Cl. The molecule has 2 aromatic rings. The lowest BCUT2D eigenvalue weighted by atomic mass is 10.1. The molecule has 0 saturated carbocycles. The molecule has 1 unspecified atom stereocenters. The van der Waals surface area contributed by atoms with Gasteiger partial charge in [0.05, 0.1) is 17.5 Å². The molecule has 1 aromatic heterocycles. The normalized spacial score (nSPS) is 15.4. The van der Waals surface area contributed by atoms with Crippen LogP contribution in [0.4, 0.5) is 4.39 Å². The quantitative estimate of drug-likeness (QED) is 0.937. The van der Waals surface area contributed by atoms with Gasteiger partial charge in [-0.1, -0.05) is 17.7 Å². The molecule has 0 saturated heterocycles. The lowest BCUT2D eigenvalue weighted by Crippen LogP contribution is -2.30. The van der Waals surface area contributed by atoms with Crippen molar-refractivity contribution >= 4 is 17.5 Å². The first kappa shape index (κ1) is 15.3. The summed E-state index contributed by atoms with van der Waals surface area (Å²) in [6.45, 7) is 0.304. The van der Waals surface area contributed by atoms with E-state index in [0.717, 1.165) is 11.6 Å². The molecule has 1 aliphatic rings. The summed E-state index contributed by atoms with van der Waals surface area (Å²) >= 11 is 5.98. The average Bonchev–Trinajstić information content (AvgIpc) is 2.94. The average molecular weight is 332 g/mol. The van der Waals surface area contributed by atoms with Crippen LogP contribution in [-0.4, -0.2) is 17.5 Å². The number of carbonyl (C=O) groups excluding carboxylic acids is 1. The molecule has 3 rings (SSSR count). The Morgan fingerprint density at radius 2 is 2.35 bits per heavy atom. The van der Waals surface area contributed by atoms with Gasteiger partial charge in [-0.05, 0) is 23.8 Å². The molecule has 5 nitrogen and oxygen atoms in total. The zero-order valence-corrected chi connectivity index (χ0v) is 12.6. The fraction of sp³-hybridized carbons (Fsp3) is 0.188. The highest BCUT2D eigenvalue weighted by Crippen LogP contribution is 2.30. The second kappa shape index (κ2) is 6.23.